The van der Waals surface area contributed by atoms with Crippen LogP contribution in [0.1, 0.15) is 19.8 Å². The molecule has 0 radical (unpaired) electrons. The van der Waals surface area contributed by atoms with Crippen molar-refractivity contribution in [1.82, 2.24) is 10.2 Å². The van der Waals surface area contributed by atoms with E-state index < -0.39 is 10.0 Å². The van der Waals surface area contributed by atoms with Crippen molar-refractivity contribution in [1.29, 1.82) is 0 Å². The van der Waals surface area contributed by atoms with Crippen molar-refractivity contribution in [3.05, 3.63) is 30.3 Å². The molecule has 0 saturated heterocycles. The first-order chi connectivity index (χ1) is 12.5. The number of unbranched alkanes of at least 4 members (excludes halogenated alkanes) is 1. The summed E-state index contributed by atoms with van der Waals surface area (Å²) >= 11 is 0. The van der Waals surface area contributed by atoms with Gasteiger partial charge < -0.3 is 14.4 Å². The van der Waals surface area contributed by atoms with E-state index >= 15 is 0 Å². The second kappa shape index (κ2) is 7.77. The molecular formula is C17H22N4O4S. The third-order valence-corrected chi connectivity index (χ3v) is 5.30. The molecule has 3 rings (SSSR count). The zero-order chi connectivity index (χ0) is 18.6. The number of anilines is 2. The molecule has 0 bridgehead atoms. The van der Waals surface area contributed by atoms with Crippen molar-refractivity contribution >= 4 is 21.7 Å². The first kappa shape index (κ1) is 18.2. The van der Waals surface area contributed by atoms with Crippen LogP contribution in [0.2, 0.25) is 0 Å². The molecule has 2 heterocycles. The Hall–Kier alpha value is -2.55. The monoisotopic (exact) mass is 378 g/mol. The number of hydrogen-bond donors (Lipinski definition) is 1. The maximum atomic E-state index is 12.6. The van der Waals surface area contributed by atoms with Crippen LogP contribution < -0.4 is 19.1 Å². The van der Waals surface area contributed by atoms with Gasteiger partial charge in [-0.3, -0.25) is 4.72 Å². The molecule has 1 aliphatic heterocycles. The second-order valence-electron chi connectivity index (χ2n) is 5.96. The summed E-state index contributed by atoms with van der Waals surface area (Å²) in [6.45, 7) is 3.83. The van der Waals surface area contributed by atoms with Crippen LogP contribution in [0.15, 0.2) is 35.2 Å². The van der Waals surface area contributed by atoms with E-state index in [1.807, 2.05) is 11.9 Å². The van der Waals surface area contributed by atoms with Crippen molar-refractivity contribution in [2.45, 2.75) is 24.7 Å². The molecule has 0 unspecified atom stereocenters. The number of nitrogens with one attached hydrogen (secondary N) is 1. The van der Waals surface area contributed by atoms with E-state index in [0.29, 0.717) is 30.5 Å². The third-order valence-electron chi connectivity index (χ3n) is 3.95. The second-order valence-corrected chi connectivity index (χ2v) is 7.65. The van der Waals surface area contributed by atoms with Gasteiger partial charge in [0.15, 0.2) is 23.1 Å². The summed E-state index contributed by atoms with van der Waals surface area (Å²) in [7, 11) is -1.87. The normalized spacial score (nSPS) is 13.3. The molecule has 1 aromatic heterocycles. The lowest BCUT2D eigenvalue weighted by Crippen LogP contribution is -2.20. The van der Waals surface area contributed by atoms with Crippen LogP contribution in [-0.2, 0) is 10.0 Å². The van der Waals surface area contributed by atoms with E-state index in [-0.39, 0.29) is 10.7 Å². The van der Waals surface area contributed by atoms with E-state index in [9.17, 15) is 8.42 Å². The van der Waals surface area contributed by atoms with Crippen molar-refractivity contribution in [3.63, 3.8) is 0 Å². The van der Waals surface area contributed by atoms with Crippen LogP contribution >= 0.6 is 0 Å². The zero-order valence-electron chi connectivity index (χ0n) is 14.8. The number of nitrogens with zero attached hydrogens (tertiary/aromatic N) is 3. The number of aromatic nitrogens is 2. The van der Waals surface area contributed by atoms with Crippen LogP contribution in [-0.4, -0.2) is 45.4 Å². The predicted octanol–water partition coefficient (Wildman–Crippen LogP) is 2.28. The Kier molecular flexibility index (Phi) is 5.46. The molecule has 26 heavy (non-hydrogen) atoms. The van der Waals surface area contributed by atoms with E-state index in [2.05, 4.69) is 21.8 Å². The fourth-order valence-electron chi connectivity index (χ4n) is 2.48. The highest BCUT2D eigenvalue weighted by molar-refractivity contribution is 7.92. The zero-order valence-corrected chi connectivity index (χ0v) is 15.6. The molecule has 0 aliphatic carbocycles. The molecule has 2 aromatic rings. The summed E-state index contributed by atoms with van der Waals surface area (Å²) < 4.78 is 38.4. The largest absolute Gasteiger partial charge is 0.486 e. The fraction of sp³-hybridized carbons (Fsp3) is 0.412. The van der Waals surface area contributed by atoms with Crippen LogP contribution in [0, 0.1) is 0 Å². The lowest BCUT2D eigenvalue weighted by atomic mass is 10.3. The van der Waals surface area contributed by atoms with Crippen molar-refractivity contribution < 1.29 is 17.9 Å². The third kappa shape index (κ3) is 4.16. The highest BCUT2D eigenvalue weighted by atomic mass is 32.2. The van der Waals surface area contributed by atoms with Crippen LogP contribution in [0.5, 0.6) is 11.5 Å². The SMILES string of the molecule is CCCCN(C)c1ccc(NS(=O)(=O)c2ccc3c(c2)OCCO3)nn1. The van der Waals surface area contributed by atoms with E-state index in [1.54, 1.807) is 18.2 Å². The Bertz CT molecular complexity index is 856. The van der Waals surface area contributed by atoms with Crippen LogP contribution in [0.25, 0.3) is 0 Å². The van der Waals surface area contributed by atoms with Crippen LogP contribution in [0.3, 0.4) is 0 Å². The Morgan fingerprint density at radius 2 is 1.88 bits per heavy atom. The molecule has 0 amide bonds. The number of ether oxygens (including phenoxy) is 2. The lowest BCUT2D eigenvalue weighted by molar-refractivity contribution is 0.171. The molecule has 0 spiro atoms. The van der Waals surface area contributed by atoms with Crippen molar-refractivity contribution in [3.8, 4) is 11.5 Å². The minimum atomic E-state index is -3.80. The fourth-order valence-corrected chi connectivity index (χ4v) is 3.49. The van der Waals surface area contributed by atoms with Gasteiger partial charge in [0.1, 0.15) is 13.2 Å². The number of benzene rings is 1. The molecule has 1 aliphatic rings. The summed E-state index contributed by atoms with van der Waals surface area (Å²) in [5.41, 5.74) is 0. The van der Waals surface area contributed by atoms with Gasteiger partial charge in [-0.1, -0.05) is 13.3 Å². The Morgan fingerprint density at radius 1 is 1.12 bits per heavy atom. The summed E-state index contributed by atoms with van der Waals surface area (Å²) in [5, 5.41) is 8.05. The van der Waals surface area contributed by atoms with Gasteiger partial charge in [-0.25, -0.2) is 8.42 Å². The van der Waals surface area contributed by atoms with Gasteiger partial charge in [-0.15, -0.1) is 10.2 Å². The van der Waals surface area contributed by atoms with E-state index in [0.717, 1.165) is 19.4 Å². The highest BCUT2D eigenvalue weighted by Gasteiger charge is 2.20. The first-order valence-electron chi connectivity index (χ1n) is 8.47. The van der Waals surface area contributed by atoms with Gasteiger partial charge in [0, 0.05) is 19.7 Å². The quantitative estimate of drug-likeness (QED) is 0.790. The molecule has 9 heteroatoms. The molecule has 0 saturated carbocycles. The lowest BCUT2D eigenvalue weighted by Gasteiger charge is -2.19. The summed E-state index contributed by atoms with van der Waals surface area (Å²) in [4.78, 5) is 2.06. The summed E-state index contributed by atoms with van der Waals surface area (Å²) in [6.07, 6.45) is 2.14. The van der Waals surface area contributed by atoms with Gasteiger partial charge >= 0.3 is 0 Å². The van der Waals surface area contributed by atoms with E-state index in [4.69, 9.17) is 9.47 Å². The number of rotatable bonds is 7. The van der Waals surface area contributed by atoms with Crippen LogP contribution in [0.4, 0.5) is 11.6 Å². The summed E-state index contributed by atoms with van der Waals surface area (Å²) in [6, 6.07) is 7.83. The topological polar surface area (TPSA) is 93.7 Å². The van der Waals surface area contributed by atoms with Crippen molar-refractivity contribution in [2.75, 3.05) is 36.4 Å². The summed E-state index contributed by atoms with van der Waals surface area (Å²) in [5.74, 6) is 1.81. The maximum absolute atomic E-state index is 12.6. The van der Waals surface area contributed by atoms with Gasteiger partial charge in [-0.05, 0) is 30.7 Å². The van der Waals surface area contributed by atoms with Crippen molar-refractivity contribution in [2.24, 2.45) is 0 Å². The molecular weight excluding hydrogens is 356 g/mol. The molecule has 0 atom stereocenters. The predicted molar refractivity (Wildman–Crippen MR) is 98.5 cm³/mol. The number of hydrogen-bond acceptors (Lipinski definition) is 7. The van der Waals surface area contributed by atoms with Gasteiger partial charge in [-0.2, -0.15) is 0 Å². The molecule has 140 valence electrons. The minimum absolute atomic E-state index is 0.0766. The molecule has 1 aromatic carbocycles. The Balaban J connectivity index is 1.73. The number of sulfonamides is 1. The number of fused-ring (bicyclic) bond motifs is 1. The molecule has 8 nitrogen and oxygen atoms in total. The maximum Gasteiger partial charge on any atom is 0.263 e. The molecule has 1 N–H and O–H groups in total. The van der Waals surface area contributed by atoms with Gasteiger partial charge in [0.05, 0.1) is 4.90 Å². The average molecular weight is 378 g/mol. The molecule has 0 fully saturated rings. The first-order valence-corrected chi connectivity index (χ1v) is 9.95. The standard InChI is InChI=1S/C17H22N4O4S/c1-3-4-9-21(2)17-8-7-16(18-19-17)20-26(22,23)13-5-6-14-15(12-13)25-11-10-24-14/h5-8,12H,3-4,9-11H2,1-2H3,(H,18,20). The smallest absolute Gasteiger partial charge is 0.263 e. The van der Waals surface area contributed by atoms with Gasteiger partial charge in [0.2, 0.25) is 0 Å². The highest BCUT2D eigenvalue weighted by Crippen LogP contribution is 2.32. The Morgan fingerprint density at radius 3 is 2.58 bits per heavy atom. The Labute approximate surface area is 153 Å². The minimum Gasteiger partial charge on any atom is -0.486 e. The average Bonchev–Trinajstić information content (AvgIpc) is 2.66. The van der Waals surface area contributed by atoms with Gasteiger partial charge in [0.25, 0.3) is 10.0 Å². The van der Waals surface area contributed by atoms with E-state index in [1.165, 1.54) is 12.1 Å².